The number of thioether (sulfide) groups is 1. The molecule has 1 N–H and O–H groups in total. The average Bonchev–Trinajstić information content (AvgIpc) is 2.48. The summed E-state index contributed by atoms with van der Waals surface area (Å²) in [5, 5.41) is 14.2. The number of hydrogen-bond donors (Lipinski definition) is 1. The molecule has 2 unspecified atom stereocenters. The van der Waals surface area contributed by atoms with Gasteiger partial charge in [-0.15, -0.1) is 0 Å². The molecule has 6 nitrogen and oxygen atoms in total. The smallest absolute Gasteiger partial charge is 0.293 e. The molecule has 0 aromatic heterocycles. The maximum Gasteiger partial charge on any atom is 0.293 e. The fourth-order valence-electron chi connectivity index (χ4n) is 2.41. The highest BCUT2D eigenvalue weighted by Gasteiger charge is 2.30. The van der Waals surface area contributed by atoms with Crippen LogP contribution < -0.4 is 5.32 Å². The van der Waals surface area contributed by atoms with Gasteiger partial charge in [0, 0.05) is 42.3 Å². The Labute approximate surface area is 128 Å². The molecule has 0 saturated carbocycles. The maximum atomic E-state index is 12.6. The molecule has 2 rings (SSSR count). The number of nitro groups is 1. The van der Waals surface area contributed by atoms with Crippen molar-refractivity contribution in [1.29, 1.82) is 0 Å². The molecule has 1 fully saturated rings. The van der Waals surface area contributed by atoms with Crippen LogP contribution in [-0.4, -0.2) is 46.4 Å². The van der Waals surface area contributed by atoms with E-state index in [2.05, 4.69) is 12.2 Å². The number of rotatable bonds is 3. The molecule has 1 aliphatic rings. The zero-order valence-electron chi connectivity index (χ0n) is 12.3. The van der Waals surface area contributed by atoms with E-state index in [9.17, 15) is 14.9 Å². The Morgan fingerprint density at radius 2 is 2.19 bits per heavy atom. The summed E-state index contributed by atoms with van der Waals surface area (Å²) < 4.78 is 0. The van der Waals surface area contributed by atoms with Gasteiger partial charge in [0.05, 0.1) is 4.92 Å². The molecule has 1 aliphatic heterocycles. The van der Waals surface area contributed by atoms with Gasteiger partial charge in [-0.1, -0.05) is 6.92 Å². The first kappa shape index (κ1) is 15.6. The van der Waals surface area contributed by atoms with E-state index in [1.807, 2.05) is 18.7 Å². The zero-order chi connectivity index (χ0) is 15.6. The number of nitro benzene ring substituents is 1. The zero-order valence-corrected chi connectivity index (χ0v) is 13.1. The minimum absolute atomic E-state index is 0.0737. The lowest BCUT2D eigenvalue weighted by Gasteiger charge is -2.37. The highest BCUT2D eigenvalue weighted by atomic mass is 32.2. The molecule has 2 atom stereocenters. The van der Waals surface area contributed by atoms with Gasteiger partial charge in [0.25, 0.3) is 11.6 Å². The van der Waals surface area contributed by atoms with Crippen LogP contribution in [0.1, 0.15) is 24.2 Å². The van der Waals surface area contributed by atoms with E-state index in [1.54, 1.807) is 24.1 Å². The lowest BCUT2D eigenvalue weighted by molar-refractivity contribution is -0.384. The molecule has 0 spiro atoms. The van der Waals surface area contributed by atoms with E-state index >= 15 is 0 Å². The molecular formula is C14H19N3O3S. The first-order valence-corrected chi connectivity index (χ1v) is 7.89. The van der Waals surface area contributed by atoms with Gasteiger partial charge in [-0.25, -0.2) is 0 Å². The van der Waals surface area contributed by atoms with E-state index in [4.69, 9.17) is 0 Å². The van der Waals surface area contributed by atoms with Crippen molar-refractivity contribution in [2.75, 3.05) is 24.7 Å². The molecule has 0 aliphatic carbocycles. The normalized spacial score (nSPS) is 22.0. The molecule has 7 heteroatoms. The number of benzene rings is 1. The highest BCUT2D eigenvalue weighted by Crippen LogP contribution is 2.29. The van der Waals surface area contributed by atoms with Crippen LogP contribution in [0.25, 0.3) is 0 Å². The number of anilines is 1. The summed E-state index contributed by atoms with van der Waals surface area (Å²) in [5.74, 6) is 0.758. The molecular weight excluding hydrogens is 290 g/mol. The number of carbonyl (C=O) groups is 1. The fourth-order valence-corrected chi connectivity index (χ4v) is 3.51. The van der Waals surface area contributed by atoms with Crippen LogP contribution in [0, 0.1) is 10.1 Å². The first-order valence-electron chi connectivity index (χ1n) is 6.84. The van der Waals surface area contributed by atoms with Crippen LogP contribution >= 0.6 is 11.8 Å². The van der Waals surface area contributed by atoms with Crippen LogP contribution in [0.2, 0.25) is 0 Å². The van der Waals surface area contributed by atoms with Crippen LogP contribution in [0.4, 0.5) is 11.4 Å². The lowest BCUT2D eigenvalue weighted by Crippen LogP contribution is -2.47. The number of hydrogen-bond acceptors (Lipinski definition) is 5. The molecule has 1 aromatic rings. The summed E-state index contributed by atoms with van der Waals surface area (Å²) in [6.45, 7) is 4.79. The molecule has 114 valence electrons. The molecule has 1 amide bonds. The lowest BCUT2D eigenvalue weighted by atomic mass is 10.1. The van der Waals surface area contributed by atoms with Crippen molar-refractivity contribution in [3.05, 3.63) is 33.9 Å². The maximum absolute atomic E-state index is 12.6. The van der Waals surface area contributed by atoms with Crippen molar-refractivity contribution < 1.29 is 9.72 Å². The molecule has 0 radical (unpaired) electrons. The largest absolute Gasteiger partial charge is 0.383 e. The van der Waals surface area contributed by atoms with E-state index < -0.39 is 4.92 Å². The number of nitrogens with zero attached hydrogens (tertiary/aromatic N) is 2. The van der Waals surface area contributed by atoms with E-state index in [1.165, 1.54) is 6.07 Å². The van der Waals surface area contributed by atoms with E-state index in [-0.39, 0.29) is 17.6 Å². The van der Waals surface area contributed by atoms with Crippen LogP contribution in [0.3, 0.4) is 0 Å². The van der Waals surface area contributed by atoms with Gasteiger partial charge in [0.15, 0.2) is 0 Å². The first-order chi connectivity index (χ1) is 9.95. The van der Waals surface area contributed by atoms with Gasteiger partial charge in [-0.05, 0) is 19.1 Å². The monoisotopic (exact) mass is 309 g/mol. The SMILES string of the molecule is CNc1ccc(C(=O)N2CCSC(C)C2C)cc1[N+](=O)[O-]. The van der Waals surface area contributed by atoms with Gasteiger partial charge in [-0.3, -0.25) is 14.9 Å². The Bertz CT molecular complexity index is 564. The molecule has 21 heavy (non-hydrogen) atoms. The van der Waals surface area contributed by atoms with Crippen molar-refractivity contribution in [2.45, 2.75) is 25.1 Å². The second-order valence-corrected chi connectivity index (χ2v) is 6.54. The number of carbonyl (C=O) groups excluding carboxylic acids is 1. The Balaban J connectivity index is 2.31. The van der Waals surface area contributed by atoms with Crippen molar-refractivity contribution in [3.63, 3.8) is 0 Å². The third-order valence-electron chi connectivity index (χ3n) is 3.86. The molecule has 1 aromatic carbocycles. The van der Waals surface area contributed by atoms with Gasteiger partial charge < -0.3 is 10.2 Å². The number of nitrogens with one attached hydrogen (secondary N) is 1. The van der Waals surface area contributed by atoms with Crippen molar-refractivity contribution in [2.24, 2.45) is 0 Å². The standard InChI is InChI=1S/C14H19N3O3S/c1-9-10(2)21-7-6-16(9)14(18)11-4-5-12(15-3)13(8-11)17(19)20/h4-5,8-10,15H,6-7H2,1-3H3. The Hall–Kier alpha value is -1.76. The van der Waals surface area contributed by atoms with Crippen molar-refractivity contribution in [1.82, 2.24) is 4.90 Å². The number of amides is 1. The quantitative estimate of drug-likeness (QED) is 0.686. The Morgan fingerprint density at radius 1 is 1.48 bits per heavy atom. The molecule has 1 heterocycles. The topological polar surface area (TPSA) is 75.5 Å². The third kappa shape index (κ3) is 3.12. The average molecular weight is 309 g/mol. The summed E-state index contributed by atoms with van der Waals surface area (Å²) in [6.07, 6.45) is 0. The second kappa shape index (κ2) is 6.34. The van der Waals surface area contributed by atoms with Gasteiger partial charge in [0.2, 0.25) is 0 Å². The predicted molar refractivity (Wildman–Crippen MR) is 85.1 cm³/mol. The van der Waals surface area contributed by atoms with E-state index in [0.29, 0.717) is 23.0 Å². The third-order valence-corrected chi connectivity index (χ3v) is 5.19. The van der Waals surface area contributed by atoms with Crippen LogP contribution in [-0.2, 0) is 0 Å². The predicted octanol–water partition coefficient (Wildman–Crippen LogP) is 2.60. The Morgan fingerprint density at radius 3 is 2.81 bits per heavy atom. The van der Waals surface area contributed by atoms with E-state index in [0.717, 1.165) is 5.75 Å². The highest BCUT2D eigenvalue weighted by molar-refractivity contribution is 8.00. The van der Waals surface area contributed by atoms with Gasteiger partial charge in [0.1, 0.15) is 5.69 Å². The minimum Gasteiger partial charge on any atom is -0.383 e. The fraction of sp³-hybridized carbons (Fsp3) is 0.500. The van der Waals surface area contributed by atoms with Gasteiger partial charge >= 0.3 is 0 Å². The van der Waals surface area contributed by atoms with Gasteiger partial charge in [-0.2, -0.15) is 11.8 Å². The summed E-state index contributed by atoms with van der Waals surface area (Å²) >= 11 is 1.84. The summed E-state index contributed by atoms with van der Waals surface area (Å²) in [6, 6.07) is 4.70. The molecule has 1 saturated heterocycles. The molecule has 0 bridgehead atoms. The van der Waals surface area contributed by atoms with Crippen molar-refractivity contribution >= 4 is 29.0 Å². The van der Waals surface area contributed by atoms with Crippen molar-refractivity contribution in [3.8, 4) is 0 Å². The second-order valence-electron chi connectivity index (χ2n) is 5.05. The summed E-state index contributed by atoms with van der Waals surface area (Å²) in [4.78, 5) is 25.0. The minimum atomic E-state index is -0.472. The Kier molecular flexibility index (Phi) is 4.72. The summed E-state index contributed by atoms with van der Waals surface area (Å²) in [5.41, 5.74) is 0.703. The van der Waals surface area contributed by atoms with Crippen LogP contribution in [0.5, 0.6) is 0 Å². The summed E-state index contributed by atoms with van der Waals surface area (Å²) in [7, 11) is 1.62. The van der Waals surface area contributed by atoms with Crippen LogP contribution in [0.15, 0.2) is 18.2 Å².